The van der Waals surface area contributed by atoms with Gasteiger partial charge < -0.3 is 24.2 Å². The molecule has 0 spiro atoms. The molecule has 2 unspecified atom stereocenters. The molecular weight excluding hydrogens is 599 g/mol. The number of benzene rings is 2. The number of aliphatic hydroxyl groups is 1. The third kappa shape index (κ3) is 6.33. The number of rotatable bonds is 10. The van der Waals surface area contributed by atoms with Gasteiger partial charge >= 0.3 is 0 Å². The summed E-state index contributed by atoms with van der Waals surface area (Å²) in [7, 11) is 2.01. The molecule has 4 aromatic rings. The van der Waals surface area contributed by atoms with Gasteiger partial charge in [-0.15, -0.1) is 0 Å². The normalized spacial score (nSPS) is 17.3. The molecule has 2 atom stereocenters. The molecule has 2 aromatic heterocycles. The number of nitrogens with zero attached hydrogens (tertiary/aromatic N) is 4. The number of allylic oxidation sites excluding steroid dienone is 5. The fraction of sp³-hybridized carbons (Fsp3) is 0.273. The van der Waals surface area contributed by atoms with Gasteiger partial charge in [-0.05, 0) is 67.1 Å². The third-order valence-electron chi connectivity index (χ3n) is 7.60. The van der Waals surface area contributed by atoms with Crippen LogP contribution in [-0.4, -0.2) is 70.9 Å². The van der Waals surface area contributed by atoms with Crippen molar-refractivity contribution in [2.75, 3.05) is 44.7 Å². The van der Waals surface area contributed by atoms with Crippen LogP contribution in [0.1, 0.15) is 12.0 Å². The van der Waals surface area contributed by atoms with Crippen molar-refractivity contribution >= 4 is 38.2 Å². The number of hydrogen-bond donors (Lipinski definition) is 1. The Hall–Kier alpha value is -3.79. The van der Waals surface area contributed by atoms with Crippen molar-refractivity contribution in [3.05, 3.63) is 102 Å². The highest BCUT2D eigenvalue weighted by Gasteiger charge is 2.23. The van der Waals surface area contributed by atoms with Gasteiger partial charge in [0.15, 0.2) is 5.58 Å². The second-order valence-corrected chi connectivity index (χ2v) is 11.9. The van der Waals surface area contributed by atoms with Gasteiger partial charge in [-0.3, -0.25) is 4.98 Å². The third-order valence-corrected chi connectivity index (χ3v) is 8.23. The van der Waals surface area contributed by atoms with E-state index in [1.165, 1.54) is 29.0 Å². The molecule has 0 amide bonds. The molecule has 0 saturated heterocycles. The van der Waals surface area contributed by atoms with Crippen LogP contribution in [-0.2, 0) is 0 Å². The topological polar surface area (TPSA) is 74.9 Å². The number of hydrogen-bond acceptors (Lipinski definition) is 7. The lowest BCUT2D eigenvalue weighted by atomic mass is 9.89. The van der Waals surface area contributed by atoms with Crippen molar-refractivity contribution in [1.29, 1.82) is 0 Å². The van der Waals surface area contributed by atoms with E-state index >= 15 is 0 Å². The minimum atomic E-state index is -0.642. The summed E-state index contributed by atoms with van der Waals surface area (Å²) < 4.78 is 24.6. The number of fused-ring (bicyclic) bond motifs is 2. The molecule has 9 heteroatoms. The number of alkyl halides is 1. The second kappa shape index (κ2) is 12.6. The summed E-state index contributed by atoms with van der Waals surface area (Å²) in [5.74, 6) is 0.285. The summed E-state index contributed by atoms with van der Waals surface area (Å²) in [6.45, 7) is 3.12. The maximum Gasteiger partial charge on any atom is 0.170 e. The Labute approximate surface area is 252 Å². The predicted molar refractivity (Wildman–Crippen MR) is 167 cm³/mol. The van der Waals surface area contributed by atoms with Crippen LogP contribution in [0.3, 0.4) is 0 Å². The first-order valence-corrected chi connectivity index (χ1v) is 14.9. The smallest absolute Gasteiger partial charge is 0.170 e. The molecule has 42 heavy (non-hydrogen) atoms. The van der Waals surface area contributed by atoms with Crippen molar-refractivity contribution in [1.82, 2.24) is 15.0 Å². The maximum atomic E-state index is 13.5. The van der Waals surface area contributed by atoms with Crippen LogP contribution in [0, 0.1) is 5.82 Å². The highest BCUT2D eigenvalue weighted by Crippen LogP contribution is 2.38. The number of pyridine rings is 1. The summed E-state index contributed by atoms with van der Waals surface area (Å²) in [4.78, 5) is 9.25. The molecule has 7 nitrogen and oxygen atoms in total. The Morgan fingerprint density at radius 2 is 2.07 bits per heavy atom. The quantitative estimate of drug-likeness (QED) is 0.208. The van der Waals surface area contributed by atoms with Crippen molar-refractivity contribution < 1.29 is 18.8 Å². The molecular formula is C33H32BrFN4O3. The van der Waals surface area contributed by atoms with E-state index in [0.717, 1.165) is 42.6 Å². The number of aliphatic hydroxyl groups excluding tert-OH is 1. The summed E-state index contributed by atoms with van der Waals surface area (Å²) in [6, 6.07) is 13.9. The first-order valence-electron chi connectivity index (χ1n) is 14.0. The Morgan fingerprint density at radius 1 is 1.21 bits per heavy atom. The summed E-state index contributed by atoms with van der Waals surface area (Å²) >= 11 is 3.72. The fourth-order valence-corrected chi connectivity index (χ4v) is 5.98. The molecule has 2 aliphatic rings. The number of aromatic nitrogens is 2. The largest absolute Gasteiger partial charge is 0.491 e. The maximum absolute atomic E-state index is 13.5. The first-order chi connectivity index (χ1) is 20.4. The number of likely N-dealkylation sites (N-methyl/N-ethyl adjacent to an activating group) is 1. The van der Waals surface area contributed by atoms with E-state index in [-0.39, 0.29) is 12.4 Å². The number of halogens is 2. The lowest BCUT2D eigenvalue weighted by molar-refractivity contribution is 0.0771. The minimum absolute atomic E-state index is 0.179. The second-order valence-electron chi connectivity index (χ2n) is 10.7. The van der Waals surface area contributed by atoms with Gasteiger partial charge in [0.25, 0.3) is 0 Å². The molecule has 0 bridgehead atoms. The van der Waals surface area contributed by atoms with Gasteiger partial charge in [-0.2, -0.15) is 0 Å². The van der Waals surface area contributed by atoms with Crippen LogP contribution >= 0.6 is 15.9 Å². The highest BCUT2D eigenvalue weighted by atomic mass is 79.9. The van der Waals surface area contributed by atoms with Gasteiger partial charge in [-0.25, -0.2) is 4.39 Å². The SMILES string of the molecule is CN(CCN1CC=C(C2=CC=CC(Br)C2)c2cnccc21)CC(O)COc1ccc(-c2noc3cc(F)ccc23)cc1. The molecule has 1 aliphatic carbocycles. The van der Waals surface area contributed by atoms with Crippen LogP contribution in [0.2, 0.25) is 0 Å². The van der Waals surface area contributed by atoms with E-state index in [1.54, 1.807) is 6.07 Å². The van der Waals surface area contributed by atoms with Crippen LogP contribution in [0.15, 0.2) is 95.3 Å². The van der Waals surface area contributed by atoms with Gasteiger partial charge in [0.1, 0.15) is 30.0 Å². The monoisotopic (exact) mass is 630 g/mol. The standard InChI is InChI=1S/C33H32BrFN4O3/c1-38(15-16-39-14-12-28(23-3-2-4-24(34)17-23)30-19-36-13-11-31(30)39)20-26(40)21-41-27-8-5-22(6-9-27)33-29-10-7-25(35)18-32(29)42-37-33/h2-13,18-19,24,26,40H,14-17,20-21H2,1H3. The highest BCUT2D eigenvalue weighted by molar-refractivity contribution is 9.09. The average molecular weight is 632 g/mol. The van der Waals surface area contributed by atoms with E-state index in [4.69, 9.17) is 9.26 Å². The molecule has 1 aliphatic heterocycles. The number of anilines is 1. The van der Waals surface area contributed by atoms with Crippen LogP contribution in [0.5, 0.6) is 5.75 Å². The Bertz CT molecular complexity index is 1650. The van der Waals surface area contributed by atoms with Crippen LogP contribution in [0.25, 0.3) is 27.8 Å². The van der Waals surface area contributed by atoms with E-state index in [9.17, 15) is 9.50 Å². The zero-order chi connectivity index (χ0) is 29.1. The van der Waals surface area contributed by atoms with Crippen molar-refractivity contribution in [3.8, 4) is 17.0 Å². The van der Waals surface area contributed by atoms with Gasteiger partial charge in [0, 0.05) is 71.7 Å². The predicted octanol–water partition coefficient (Wildman–Crippen LogP) is 6.25. The molecule has 0 fully saturated rings. The van der Waals surface area contributed by atoms with Gasteiger partial charge in [-0.1, -0.05) is 45.4 Å². The Morgan fingerprint density at radius 3 is 2.90 bits per heavy atom. The molecule has 6 rings (SSSR count). The Kier molecular flexibility index (Phi) is 8.51. The lowest BCUT2D eigenvalue weighted by Crippen LogP contribution is -2.39. The molecule has 2 aromatic carbocycles. The molecule has 0 radical (unpaired) electrons. The van der Waals surface area contributed by atoms with Crippen molar-refractivity contribution in [3.63, 3.8) is 0 Å². The molecule has 1 N–H and O–H groups in total. The zero-order valence-corrected chi connectivity index (χ0v) is 24.9. The zero-order valence-electron chi connectivity index (χ0n) is 23.3. The van der Waals surface area contributed by atoms with Gasteiger partial charge in [0.05, 0.1) is 0 Å². The molecule has 0 saturated carbocycles. The van der Waals surface area contributed by atoms with Crippen molar-refractivity contribution in [2.45, 2.75) is 17.4 Å². The molecule has 3 heterocycles. The fourth-order valence-electron chi connectivity index (χ4n) is 5.45. The average Bonchev–Trinajstić information content (AvgIpc) is 3.42. The summed E-state index contributed by atoms with van der Waals surface area (Å²) in [5, 5.41) is 15.5. The van der Waals surface area contributed by atoms with Crippen LogP contribution in [0.4, 0.5) is 10.1 Å². The summed E-state index contributed by atoms with van der Waals surface area (Å²) in [5.41, 5.74) is 6.84. The number of ether oxygens (including phenoxy) is 1. The Balaban J connectivity index is 0.997. The minimum Gasteiger partial charge on any atom is -0.491 e. The van der Waals surface area contributed by atoms with Crippen molar-refractivity contribution in [2.24, 2.45) is 0 Å². The first kappa shape index (κ1) is 28.3. The van der Waals surface area contributed by atoms with E-state index in [0.29, 0.717) is 28.4 Å². The van der Waals surface area contributed by atoms with E-state index in [2.05, 4.69) is 66.2 Å². The summed E-state index contributed by atoms with van der Waals surface area (Å²) in [6.07, 6.45) is 12.9. The molecule has 216 valence electrons. The van der Waals surface area contributed by atoms with Crippen LogP contribution < -0.4 is 9.64 Å². The van der Waals surface area contributed by atoms with Gasteiger partial charge in [0.2, 0.25) is 0 Å². The van der Waals surface area contributed by atoms with E-state index in [1.807, 2.05) is 43.7 Å². The lowest BCUT2D eigenvalue weighted by Gasteiger charge is -2.33. The van der Waals surface area contributed by atoms with E-state index < -0.39 is 6.10 Å².